The van der Waals surface area contributed by atoms with Crippen molar-refractivity contribution in [2.75, 3.05) is 0 Å². The lowest BCUT2D eigenvalue weighted by Gasteiger charge is -2.43. The molecule has 0 N–H and O–H groups in total. The fraction of sp³-hybridized carbons (Fsp3) is 0.444. The first-order valence-electron chi connectivity index (χ1n) is 11.1. The molecular formula is C27H33N2O+. The van der Waals surface area contributed by atoms with Crippen LogP contribution in [0.3, 0.4) is 0 Å². The number of ether oxygens (including phenoxy) is 1. The molecule has 5 rings (SSSR count). The van der Waals surface area contributed by atoms with Gasteiger partial charge in [-0.15, -0.1) is 0 Å². The summed E-state index contributed by atoms with van der Waals surface area (Å²) in [7, 11) is 2.18. The molecular weight excluding hydrogens is 368 g/mol. The third kappa shape index (κ3) is 2.13. The topological polar surface area (TPSA) is 17.5 Å². The van der Waals surface area contributed by atoms with Gasteiger partial charge >= 0.3 is 0 Å². The molecule has 3 nitrogen and oxygen atoms in total. The molecule has 3 heteroatoms. The van der Waals surface area contributed by atoms with Gasteiger partial charge in [-0.2, -0.15) is 4.40 Å². The number of pyridine rings is 1. The van der Waals surface area contributed by atoms with Crippen LogP contribution in [0.2, 0.25) is 0 Å². The zero-order valence-electron chi connectivity index (χ0n) is 19.8. The Morgan fingerprint density at radius 1 is 0.933 bits per heavy atom. The third-order valence-corrected chi connectivity index (χ3v) is 7.86. The number of rotatable bonds is 2. The number of hydrogen-bond donors (Lipinski definition) is 0. The molecule has 0 amide bonds. The first kappa shape index (κ1) is 19.4. The Morgan fingerprint density at radius 3 is 2.30 bits per heavy atom. The summed E-state index contributed by atoms with van der Waals surface area (Å²) < 4.78 is 11.0. The lowest BCUT2D eigenvalue weighted by atomic mass is 9.60. The number of imidazole rings is 1. The van der Waals surface area contributed by atoms with Gasteiger partial charge in [0.1, 0.15) is 17.5 Å². The van der Waals surface area contributed by atoms with E-state index in [9.17, 15) is 0 Å². The van der Waals surface area contributed by atoms with Gasteiger partial charge in [-0.1, -0.05) is 39.8 Å². The first-order valence-corrected chi connectivity index (χ1v) is 11.1. The third-order valence-electron chi connectivity index (χ3n) is 7.86. The van der Waals surface area contributed by atoms with Crippen molar-refractivity contribution in [3.05, 3.63) is 52.8 Å². The van der Waals surface area contributed by atoms with Crippen LogP contribution in [-0.2, 0) is 17.9 Å². The SMILES string of the molecule is Cc1ccc2c3c1c1ccc(OC(C)C)c(C)c1c1n3c(c[n+]1C)C(C)(C)C2(C)C. The van der Waals surface area contributed by atoms with Gasteiger partial charge in [-0.3, -0.25) is 0 Å². The van der Waals surface area contributed by atoms with Gasteiger partial charge < -0.3 is 4.74 Å². The predicted molar refractivity (Wildman–Crippen MR) is 125 cm³/mol. The van der Waals surface area contributed by atoms with Crippen LogP contribution in [0.1, 0.15) is 63.9 Å². The van der Waals surface area contributed by atoms with E-state index in [0.717, 1.165) is 5.75 Å². The van der Waals surface area contributed by atoms with Crippen LogP contribution < -0.4 is 9.30 Å². The minimum Gasteiger partial charge on any atom is -0.491 e. The molecule has 0 unspecified atom stereocenters. The number of nitrogens with zero attached hydrogens (tertiary/aromatic N) is 2. The molecule has 0 spiro atoms. The summed E-state index contributed by atoms with van der Waals surface area (Å²) in [6, 6.07) is 9.09. The fourth-order valence-corrected chi connectivity index (χ4v) is 5.53. The van der Waals surface area contributed by atoms with Crippen LogP contribution in [0.15, 0.2) is 30.5 Å². The molecule has 3 heterocycles. The number of fused-ring (bicyclic) bond motifs is 3. The number of hydrogen-bond acceptors (Lipinski definition) is 1. The molecule has 1 aliphatic rings. The zero-order chi connectivity index (χ0) is 21.7. The van der Waals surface area contributed by atoms with Crippen molar-refractivity contribution in [2.24, 2.45) is 7.05 Å². The van der Waals surface area contributed by atoms with E-state index in [1.807, 2.05) is 0 Å². The Morgan fingerprint density at radius 2 is 1.63 bits per heavy atom. The van der Waals surface area contributed by atoms with E-state index in [2.05, 4.69) is 102 Å². The van der Waals surface area contributed by atoms with E-state index in [4.69, 9.17) is 4.74 Å². The van der Waals surface area contributed by atoms with Crippen molar-refractivity contribution in [1.29, 1.82) is 0 Å². The Bertz CT molecular complexity index is 1370. The highest BCUT2D eigenvalue weighted by Crippen LogP contribution is 2.51. The van der Waals surface area contributed by atoms with Crippen molar-refractivity contribution in [1.82, 2.24) is 4.40 Å². The van der Waals surface area contributed by atoms with Crippen LogP contribution in [0.5, 0.6) is 5.75 Å². The van der Waals surface area contributed by atoms with E-state index < -0.39 is 0 Å². The first-order chi connectivity index (χ1) is 14.0. The van der Waals surface area contributed by atoms with E-state index >= 15 is 0 Å². The van der Waals surface area contributed by atoms with Crippen molar-refractivity contribution in [3.63, 3.8) is 0 Å². The maximum absolute atomic E-state index is 6.18. The molecule has 0 saturated carbocycles. The van der Waals surface area contributed by atoms with Crippen molar-refractivity contribution >= 4 is 27.3 Å². The van der Waals surface area contributed by atoms with Crippen molar-refractivity contribution in [3.8, 4) is 5.75 Å². The van der Waals surface area contributed by atoms with Gasteiger partial charge in [0.15, 0.2) is 5.69 Å². The average molecular weight is 402 g/mol. The van der Waals surface area contributed by atoms with Crippen LogP contribution in [0, 0.1) is 13.8 Å². The van der Waals surface area contributed by atoms with Crippen molar-refractivity contribution in [2.45, 2.75) is 72.3 Å². The zero-order valence-corrected chi connectivity index (χ0v) is 19.8. The minimum absolute atomic E-state index is 0.0000108. The summed E-state index contributed by atoms with van der Waals surface area (Å²) in [5.41, 5.74) is 8.01. The monoisotopic (exact) mass is 401 g/mol. The minimum atomic E-state index is -0.0000108. The molecule has 0 radical (unpaired) electrons. The summed E-state index contributed by atoms with van der Waals surface area (Å²) in [6.45, 7) is 18.2. The highest BCUT2D eigenvalue weighted by atomic mass is 16.5. The predicted octanol–water partition coefficient (Wildman–Crippen LogP) is 6.04. The quantitative estimate of drug-likeness (QED) is 0.296. The van der Waals surface area contributed by atoms with Crippen LogP contribution in [0.25, 0.3) is 27.3 Å². The highest BCUT2D eigenvalue weighted by Gasteiger charge is 2.50. The molecule has 0 saturated heterocycles. The molecule has 2 aromatic carbocycles. The molecule has 0 aliphatic carbocycles. The Balaban J connectivity index is 2.13. The van der Waals surface area contributed by atoms with E-state index in [1.54, 1.807) is 0 Å². The lowest BCUT2D eigenvalue weighted by molar-refractivity contribution is -0.643. The smallest absolute Gasteiger partial charge is 0.295 e. The van der Waals surface area contributed by atoms with Crippen LogP contribution in [-0.4, -0.2) is 10.5 Å². The number of aromatic nitrogens is 2. The number of benzene rings is 2. The van der Waals surface area contributed by atoms with Gasteiger partial charge in [0.05, 0.1) is 18.5 Å². The van der Waals surface area contributed by atoms with Crippen LogP contribution >= 0.6 is 0 Å². The molecule has 30 heavy (non-hydrogen) atoms. The van der Waals surface area contributed by atoms with Crippen molar-refractivity contribution < 1.29 is 9.30 Å². The molecule has 2 aromatic heterocycles. The Kier molecular flexibility index (Phi) is 3.74. The van der Waals surface area contributed by atoms with Gasteiger partial charge in [0.2, 0.25) is 0 Å². The normalized spacial score (nSPS) is 17.0. The van der Waals surface area contributed by atoms with Gasteiger partial charge in [0.25, 0.3) is 5.65 Å². The second-order valence-electron chi connectivity index (χ2n) is 10.5. The van der Waals surface area contributed by atoms with Gasteiger partial charge in [-0.25, -0.2) is 4.57 Å². The highest BCUT2D eigenvalue weighted by molar-refractivity contribution is 6.15. The molecule has 0 atom stereocenters. The molecule has 1 aliphatic heterocycles. The largest absolute Gasteiger partial charge is 0.491 e. The van der Waals surface area contributed by atoms with Crippen LogP contribution in [0.4, 0.5) is 0 Å². The molecule has 156 valence electrons. The lowest BCUT2D eigenvalue weighted by Crippen LogP contribution is -2.44. The summed E-state index contributed by atoms with van der Waals surface area (Å²) >= 11 is 0. The molecule has 0 fully saturated rings. The maximum Gasteiger partial charge on any atom is 0.295 e. The fourth-order valence-electron chi connectivity index (χ4n) is 5.53. The summed E-state index contributed by atoms with van der Waals surface area (Å²) in [5, 5.41) is 3.99. The summed E-state index contributed by atoms with van der Waals surface area (Å²) in [5.74, 6) is 0.979. The second-order valence-corrected chi connectivity index (χ2v) is 10.5. The summed E-state index contributed by atoms with van der Waals surface area (Å²) in [6.07, 6.45) is 2.50. The standard InChI is InChI=1S/C27H33N2O/c1-15(2)30-20-13-11-18-22-16(3)10-12-19-24(22)29-21(27(7,8)26(19,5)6)14-28(9)25(29)23(18)17(20)4/h10-15H,1-9H3/q+1. The second kappa shape index (κ2) is 5.78. The Hall–Kier alpha value is -2.55. The van der Waals surface area contributed by atoms with Gasteiger partial charge in [0, 0.05) is 32.7 Å². The average Bonchev–Trinajstić information content (AvgIpc) is 3.00. The number of aryl methyl sites for hydroxylation is 3. The van der Waals surface area contributed by atoms with Gasteiger partial charge in [-0.05, 0) is 45.4 Å². The molecule has 4 aromatic rings. The van der Waals surface area contributed by atoms with E-state index in [0.29, 0.717) is 0 Å². The maximum atomic E-state index is 6.18. The van der Waals surface area contributed by atoms with E-state index in [-0.39, 0.29) is 16.9 Å². The molecule has 0 bridgehead atoms. The Labute approximate surface area is 179 Å². The summed E-state index contributed by atoms with van der Waals surface area (Å²) in [4.78, 5) is 0. The van der Waals surface area contributed by atoms with E-state index in [1.165, 1.54) is 49.7 Å².